The Hall–Kier alpha value is -1.51. The monoisotopic (exact) mass is 247 g/mol. The first-order valence-corrected chi connectivity index (χ1v) is 5.73. The van der Waals surface area contributed by atoms with E-state index in [2.05, 4.69) is 0 Å². The van der Waals surface area contributed by atoms with Gasteiger partial charge in [0.15, 0.2) is 0 Å². The number of hydrogen-bond acceptors (Lipinski definition) is 2. The van der Waals surface area contributed by atoms with E-state index in [1.165, 1.54) is 0 Å². The number of nitrogens with two attached hydrogens (primary N) is 1. The molecule has 0 saturated carbocycles. The van der Waals surface area contributed by atoms with E-state index in [1.54, 1.807) is 25.1 Å². The number of nitrogen functional groups attached to an aromatic ring is 1. The first-order valence-electron chi connectivity index (χ1n) is 5.35. The summed E-state index contributed by atoms with van der Waals surface area (Å²) in [5, 5.41) is 11.2. The summed E-state index contributed by atoms with van der Waals surface area (Å²) in [6.07, 6.45) is 0. The van der Waals surface area contributed by atoms with E-state index < -0.39 is 5.60 Å². The summed E-state index contributed by atoms with van der Waals surface area (Å²) in [5.41, 5.74) is 6.69. The first-order chi connectivity index (χ1) is 8.01. The summed E-state index contributed by atoms with van der Waals surface area (Å²) < 4.78 is 0. The molecule has 2 aromatic carbocycles. The zero-order chi connectivity index (χ0) is 12.5. The molecule has 2 aromatic rings. The van der Waals surface area contributed by atoms with E-state index in [0.29, 0.717) is 16.3 Å². The maximum Gasteiger partial charge on any atom is 0.114 e. The molecule has 3 heteroatoms. The lowest BCUT2D eigenvalue weighted by Gasteiger charge is -2.26. The molecule has 3 N–H and O–H groups in total. The van der Waals surface area contributed by atoms with Gasteiger partial charge >= 0.3 is 0 Å². The summed E-state index contributed by atoms with van der Waals surface area (Å²) in [4.78, 5) is 0. The molecule has 1 unspecified atom stereocenters. The third kappa shape index (κ3) is 2.28. The van der Waals surface area contributed by atoms with Crippen molar-refractivity contribution in [3.63, 3.8) is 0 Å². The van der Waals surface area contributed by atoms with Crippen LogP contribution in [0.2, 0.25) is 5.02 Å². The molecule has 0 spiro atoms. The number of rotatable bonds is 2. The lowest BCUT2D eigenvalue weighted by atomic mass is 9.87. The van der Waals surface area contributed by atoms with E-state index in [9.17, 15) is 5.11 Å². The highest BCUT2D eigenvalue weighted by Crippen LogP contribution is 2.34. The molecule has 1 atom stereocenters. The molecule has 2 nitrogen and oxygen atoms in total. The Morgan fingerprint density at radius 1 is 1.12 bits per heavy atom. The fraction of sp³-hybridized carbons (Fsp3) is 0.143. The smallest absolute Gasteiger partial charge is 0.114 e. The van der Waals surface area contributed by atoms with Gasteiger partial charge in [0.25, 0.3) is 0 Å². The van der Waals surface area contributed by atoms with Gasteiger partial charge in [-0.3, -0.25) is 0 Å². The molecule has 0 saturated heterocycles. The lowest BCUT2D eigenvalue weighted by Crippen LogP contribution is -2.24. The average Bonchev–Trinajstić information content (AvgIpc) is 2.33. The van der Waals surface area contributed by atoms with Crippen LogP contribution in [-0.2, 0) is 5.60 Å². The van der Waals surface area contributed by atoms with E-state index in [1.807, 2.05) is 30.3 Å². The number of benzene rings is 2. The van der Waals surface area contributed by atoms with Gasteiger partial charge in [-0.25, -0.2) is 0 Å². The normalized spacial score (nSPS) is 14.3. The molecular weight excluding hydrogens is 234 g/mol. The van der Waals surface area contributed by atoms with Gasteiger partial charge in [0.2, 0.25) is 0 Å². The molecule has 0 aliphatic rings. The van der Waals surface area contributed by atoms with Crippen molar-refractivity contribution in [3.05, 3.63) is 64.7 Å². The molecule has 0 fully saturated rings. The van der Waals surface area contributed by atoms with Crippen LogP contribution in [0.25, 0.3) is 0 Å². The van der Waals surface area contributed by atoms with Crippen molar-refractivity contribution in [2.75, 3.05) is 5.73 Å². The van der Waals surface area contributed by atoms with Crippen molar-refractivity contribution in [3.8, 4) is 0 Å². The van der Waals surface area contributed by atoms with Gasteiger partial charge in [-0.2, -0.15) is 0 Å². The van der Waals surface area contributed by atoms with Gasteiger partial charge in [0, 0.05) is 16.3 Å². The van der Waals surface area contributed by atoms with Gasteiger partial charge in [0.05, 0.1) is 0 Å². The van der Waals surface area contributed by atoms with Crippen molar-refractivity contribution < 1.29 is 5.11 Å². The van der Waals surface area contributed by atoms with E-state index in [-0.39, 0.29) is 0 Å². The van der Waals surface area contributed by atoms with Crippen molar-refractivity contribution >= 4 is 17.3 Å². The van der Waals surface area contributed by atoms with Gasteiger partial charge in [0.1, 0.15) is 5.60 Å². The Bertz CT molecular complexity index is 523. The standard InChI is InChI=1S/C14H14ClNO/c1-14(17,10-5-3-2-4-6-10)12-9-11(15)7-8-13(12)16/h2-9,17H,16H2,1H3. The van der Waals surface area contributed by atoms with Gasteiger partial charge < -0.3 is 10.8 Å². The first kappa shape index (κ1) is 12.0. The predicted octanol–water partition coefficient (Wildman–Crippen LogP) is 3.18. The molecule has 0 aliphatic heterocycles. The molecule has 17 heavy (non-hydrogen) atoms. The predicted molar refractivity (Wildman–Crippen MR) is 71.0 cm³/mol. The minimum atomic E-state index is -1.14. The second-order valence-electron chi connectivity index (χ2n) is 4.17. The highest BCUT2D eigenvalue weighted by Gasteiger charge is 2.27. The van der Waals surface area contributed by atoms with Crippen LogP contribution in [0.15, 0.2) is 48.5 Å². The van der Waals surface area contributed by atoms with Crippen LogP contribution >= 0.6 is 11.6 Å². The average molecular weight is 248 g/mol. The zero-order valence-corrected chi connectivity index (χ0v) is 10.3. The minimum Gasteiger partial charge on any atom is -0.398 e. The maximum absolute atomic E-state index is 10.6. The maximum atomic E-state index is 10.6. The van der Waals surface area contributed by atoms with E-state index >= 15 is 0 Å². The summed E-state index contributed by atoms with van der Waals surface area (Å²) in [6.45, 7) is 1.71. The van der Waals surface area contributed by atoms with Crippen molar-refractivity contribution in [2.24, 2.45) is 0 Å². The Kier molecular flexibility index (Phi) is 3.09. The second kappa shape index (κ2) is 4.40. The van der Waals surface area contributed by atoms with E-state index in [0.717, 1.165) is 5.56 Å². The van der Waals surface area contributed by atoms with Crippen LogP contribution in [0.4, 0.5) is 5.69 Å². The van der Waals surface area contributed by atoms with E-state index in [4.69, 9.17) is 17.3 Å². The van der Waals surface area contributed by atoms with Crippen LogP contribution < -0.4 is 5.73 Å². The molecule has 0 heterocycles. The number of hydrogen-bond donors (Lipinski definition) is 2. The fourth-order valence-electron chi connectivity index (χ4n) is 1.87. The van der Waals surface area contributed by atoms with Crippen LogP contribution in [0, 0.1) is 0 Å². The largest absolute Gasteiger partial charge is 0.398 e. The van der Waals surface area contributed by atoms with Crippen LogP contribution in [0.5, 0.6) is 0 Å². The Morgan fingerprint density at radius 2 is 1.76 bits per heavy atom. The molecular formula is C14H14ClNO. The Balaban J connectivity index is 2.55. The summed E-state index contributed by atoms with van der Waals surface area (Å²) in [7, 11) is 0. The SMILES string of the molecule is CC(O)(c1ccccc1)c1cc(Cl)ccc1N. The summed E-state index contributed by atoms with van der Waals surface area (Å²) in [5.74, 6) is 0. The topological polar surface area (TPSA) is 46.2 Å². The zero-order valence-electron chi connectivity index (χ0n) is 9.52. The quantitative estimate of drug-likeness (QED) is 0.801. The number of aliphatic hydroxyl groups is 1. The molecule has 0 amide bonds. The number of anilines is 1. The van der Waals surface area contributed by atoms with Crippen LogP contribution in [0.1, 0.15) is 18.1 Å². The molecule has 2 rings (SSSR count). The highest BCUT2D eigenvalue weighted by molar-refractivity contribution is 6.30. The van der Waals surface area contributed by atoms with Crippen molar-refractivity contribution in [2.45, 2.75) is 12.5 Å². The van der Waals surface area contributed by atoms with Gasteiger partial charge in [-0.05, 0) is 30.7 Å². The lowest BCUT2D eigenvalue weighted by molar-refractivity contribution is 0.103. The molecule has 0 radical (unpaired) electrons. The fourth-order valence-corrected chi connectivity index (χ4v) is 2.04. The second-order valence-corrected chi connectivity index (χ2v) is 4.61. The summed E-state index contributed by atoms with van der Waals surface area (Å²) in [6, 6.07) is 14.5. The molecule has 88 valence electrons. The Labute approximate surface area is 106 Å². The molecule has 0 bridgehead atoms. The van der Waals surface area contributed by atoms with Crippen molar-refractivity contribution in [1.82, 2.24) is 0 Å². The third-order valence-electron chi connectivity index (χ3n) is 2.88. The van der Waals surface area contributed by atoms with Crippen LogP contribution in [0.3, 0.4) is 0 Å². The van der Waals surface area contributed by atoms with Crippen LogP contribution in [-0.4, -0.2) is 5.11 Å². The van der Waals surface area contributed by atoms with Gasteiger partial charge in [-0.1, -0.05) is 41.9 Å². The highest BCUT2D eigenvalue weighted by atomic mass is 35.5. The third-order valence-corrected chi connectivity index (χ3v) is 3.11. The molecule has 0 aromatic heterocycles. The van der Waals surface area contributed by atoms with Gasteiger partial charge in [-0.15, -0.1) is 0 Å². The summed E-state index contributed by atoms with van der Waals surface area (Å²) >= 11 is 5.94. The molecule has 0 aliphatic carbocycles. The van der Waals surface area contributed by atoms with Crippen molar-refractivity contribution in [1.29, 1.82) is 0 Å². The Morgan fingerprint density at radius 3 is 2.41 bits per heavy atom. The number of halogens is 1. The minimum absolute atomic E-state index is 0.531.